The third-order valence-electron chi connectivity index (χ3n) is 4.39. The smallest absolute Gasteiger partial charge is 0.326 e. The predicted octanol–water partition coefficient (Wildman–Crippen LogP) is 0.464. The van der Waals surface area contributed by atoms with Crippen LogP contribution in [0.1, 0.15) is 27.2 Å². The van der Waals surface area contributed by atoms with Crippen LogP contribution < -0.4 is 16.1 Å². The van der Waals surface area contributed by atoms with E-state index >= 15 is 0 Å². The number of thioether (sulfide) groups is 1. The fourth-order valence-electron chi connectivity index (χ4n) is 2.66. The summed E-state index contributed by atoms with van der Waals surface area (Å²) in [5.41, 5.74) is 2.42. The molecule has 5 amide bonds. The molecular formula is C17H20N8O4S. The third-order valence-corrected chi connectivity index (χ3v) is 5.31. The van der Waals surface area contributed by atoms with Crippen molar-refractivity contribution >= 4 is 41.2 Å². The highest BCUT2D eigenvalue weighted by Gasteiger charge is 2.47. The van der Waals surface area contributed by atoms with E-state index < -0.39 is 23.4 Å². The molecule has 0 saturated carbocycles. The minimum absolute atomic E-state index is 0.133. The van der Waals surface area contributed by atoms with Crippen LogP contribution in [-0.4, -0.2) is 60.3 Å². The summed E-state index contributed by atoms with van der Waals surface area (Å²) in [6.07, 6.45) is 0.394. The molecule has 13 heteroatoms. The third kappa shape index (κ3) is 4.40. The predicted molar refractivity (Wildman–Crippen MR) is 106 cm³/mol. The number of rotatable bonds is 7. The molecule has 0 radical (unpaired) electrons. The molecule has 1 fully saturated rings. The van der Waals surface area contributed by atoms with Gasteiger partial charge in [0, 0.05) is 12.6 Å². The second-order valence-electron chi connectivity index (χ2n) is 6.68. The van der Waals surface area contributed by atoms with E-state index in [4.69, 9.17) is 0 Å². The summed E-state index contributed by atoms with van der Waals surface area (Å²) in [4.78, 5) is 47.8. The molecule has 0 spiro atoms. The number of hydrazine groups is 1. The van der Waals surface area contributed by atoms with E-state index in [1.165, 1.54) is 11.6 Å². The van der Waals surface area contributed by atoms with E-state index in [0.29, 0.717) is 28.0 Å². The fourth-order valence-corrected chi connectivity index (χ4v) is 3.35. The molecule has 1 aliphatic heterocycles. The molecule has 1 aromatic carbocycles. The van der Waals surface area contributed by atoms with Gasteiger partial charge in [0.25, 0.3) is 5.91 Å². The van der Waals surface area contributed by atoms with E-state index in [2.05, 4.69) is 31.6 Å². The van der Waals surface area contributed by atoms with Crippen molar-refractivity contribution in [3.05, 3.63) is 24.3 Å². The van der Waals surface area contributed by atoms with Gasteiger partial charge in [0.1, 0.15) is 5.54 Å². The Balaban J connectivity index is 1.65. The average Bonchev–Trinajstić information content (AvgIpc) is 3.25. The van der Waals surface area contributed by atoms with Gasteiger partial charge in [-0.3, -0.25) is 19.8 Å². The SMILES string of the molecule is CCC1(C)NC(=O)N(NC(=O)CSc2nnnn2-c2cccc(NC(C)=O)c2)C1=O. The highest BCUT2D eigenvalue weighted by molar-refractivity contribution is 7.99. The van der Waals surface area contributed by atoms with Gasteiger partial charge in [-0.2, -0.15) is 9.69 Å². The number of nitrogens with zero attached hydrogens (tertiary/aromatic N) is 5. The Hall–Kier alpha value is -3.48. The molecule has 30 heavy (non-hydrogen) atoms. The number of benzene rings is 1. The van der Waals surface area contributed by atoms with Gasteiger partial charge >= 0.3 is 6.03 Å². The molecule has 3 N–H and O–H groups in total. The van der Waals surface area contributed by atoms with Crippen molar-refractivity contribution in [2.75, 3.05) is 11.1 Å². The molecular weight excluding hydrogens is 412 g/mol. The number of carbonyl (C=O) groups excluding carboxylic acids is 4. The molecule has 1 aliphatic rings. The van der Waals surface area contributed by atoms with E-state index in [9.17, 15) is 19.2 Å². The number of amides is 5. The first-order chi connectivity index (χ1) is 14.2. The Morgan fingerprint density at radius 1 is 1.30 bits per heavy atom. The van der Waals surface area contributed by atoms with Gasteiger partial charge < -0.3 is 10.6 Å². The molecule has 2 aromatic rings. The molecule has 1 unspecified atom stereocenters. The monoisotopic (exact) mass is 432 g/mol. The zero-order valence-corrected chi connectivity index (χ0v) is 17.3. The summed E-state index contributed by atoms with van der Waals surface area (Å²) in [5, 5.41) is 17.6. The minimum atomic E-state index is -1.04. The lowest BCUT2D eigenvalue weighted by atomic mass is 10.00. The van der Waals surface area contributed by atoms with Crippen LogP contribution in [0.25, 0.3) is 5.69 Å². The van der Waals surface area contributed by atoms with Crippen molar-refractivity contribution in [3.8, 4) is 5.69 Å². The highest BCUT2D eigenvalue weighted by atomic mass is 32.2. The number of carbonyl (C=O) groups is 4. The number of nitrogens with one attached hydrogen (secondary N) is 3. The molecule has 3 rings (SSSR count). The zero-order valence-electron chi connectivity index (χ0n) is 16.5. The van der Waals surface area contributed by atoms with E-state index in [1.54, 1.807) is 38.1 Å². The van der Waals surface area contributed by atoms with Crippen molar-refractivity contribution in [2.45, 2.75) is 37.9 Å². The van der Waals surface area contributed by atoms with Gasteiger partial charge in [0.15, 0.2) is 0 Å². The number of tetrazole rings is 1. The second kappa shape index (κ2) is 8.49. The lowest BCUT2D eigenvalue weighted by Crippen LogP contribution is -2.49. The summed E-state index contributed by atoms with van der Waals surface area (Å²) in [6, 6.07) is 6.19. The van der Waals surface area contributed by atoms with Crippen molar-refractivity contribution in [1.29, 1.82) is 0 Å². The van der Waals surface area contributed by atoms with Gasteiger partial charge in [-0.25, -0.2) is 4.79 Å². The summed E-state index contributed by atoms with van der Waals surface area (Å²) >= 11 is 1.03. The second-order valence-corrected chi connectivity index (χ2v) is 7.63. The number of imide groups is 1. The average molecular weight is 432 g/mol. The maximum Gasteiger partial charge on any atom is 0.344 e. The van der Waals surface area contributed by atoms with Gasteiger partial charge in [0.05, 0.1) is 11.4 Å². The van der Waals surface area contributed by atoms with E-state index in [0.717, 1.165) is 11.8 Å². The molecule has 0 aliphatic carbocycles. The minimum Gasteiger partial charge on any atom is -0.326 e. The molecule has 0 bridgehead atoms. The lowest BCUT2D eigenvalue weighted by molar-refractivity contribution is -0.137. The quantitative estimate of drug-likeness (QED) is 0.422. The van der Waals surface area contributed by atoms with Crippen molar-refractivity contribution in [3.63, 3.8) is 0 Å². The molecule has 1 aromatic heterocycles. The van der Waals surface area contributed by atoms with Crippen LogP contribution >= 0.6 is 11.8 Å². The fraction of sp³-hybridized carbons (Fsp3) is 0.353. The van der Waals surface area contributed by atoms with Crippen LogP contribution in [0.15, 0.2) is 29.4 Å². The summed E-state index contributed by atoms with van der Waals surface area (Å²) in [7, 11) is 0. The number of urea groups is 1. The first-order valence-electron chi connectivity index (χ1n) is 8.99. The van der Waals surface area contributed by atoms with Crippen molar-refractivity contribution in [1.82, 2.24) is 36.0 Å². The van der Waals surface area contributed by atoms with Crippen molar-refractivity contribution < 1.29 is 19.2 Å². The van der Waals surface area contributed by atoms with Crippen LogP contribution in [0.5, 0.6) is 0 Å². The van der Waals surface area contributed by atoms with Crippen LogP contribution in [0.2, 0.25) is 0 Å². The molecule has 1 atom stereocenters. The highest BCUT2D eigenvalue weighted by Crippen LogP contribution is 2.22. The Morgan fingerprint density at radius 2 is 2.07 bits per heavy atom. The Bertz CT molecular complexity index is 1010. The largest absolute Gasteiger partial charge is 0.344 e. The van der Waals surface area contributed by atoms with E-state index in [1.807, 2.05) is 0 Å². The number of anilines is 1. The van der Waals surface area contributed by atoms with Gasteiger partial charge in [-0.1, -0.05) is 24.8 Å². The first-order valence-corrected chi connectivity index (χ1v) is 9.97. The van der Waals surface area contributed by atoms with Gasteiger partial charge in [-0.05, 0) is 42.0 Å². The normalized spacial score (nSPS) is 18.3. The zero-order chi connectivity index (χ0) is 21.9. The molecule has 158 valence electrons. The molecule has 12 nitrogen and oxygen atoms in total. The molecule has 1 saturated heterocycles. The lowest BCUT2D eigenvalue weighted by Gasteiger charge is -2.19. The summed E-state index contributed by atoms with van der Waals surface area (Å²) < 4.78 is 1.41. The first kappa shape index (κ1) is 21.2. The number of hydrogen-bond donors (Lipinski definition) is 3. The summed E-state index contributed by atoms with van der Waals surface area (Å²) in [6.45, 7) is 4.76. The maximum atomic E-state index is 12.3. The van der Waals surface area contributed by atoms with Crippen molar-refractivity contribution in [2.24, 2.45) is 0 Å². The maximum absolute atomic E-state index is 12.3. The van der Waals surface area contributed by atoms with Crippen LogP contribution in [0.3, 0.4) is 0 Å². The van der Waals surface area contributed by atoms with Gasteiger partial charge in [-0.15, -0.1) is 5.10 Å². The Labute approximate surface area is 175 Å². The van der Waals surface area contributed by atoms with Crippen LogP contribution in [-0.2, 0) is 14.4 Å². The Morgan fingerprint density at radius 3 is 2.73 bits per heavy atom. The van der Waals surface area contributed by atoms with Crippen LogP contribution in [0, 0.1) is 0 Å². The van der Waals surface area contributed by atoms with E-state index in [-0.39, 0.29) is 11.7 Å². The standard InChI is InChI=1S/C17H20N8O4S/c1-4-17(3)14(28)25(15(29)19-17)21-13(27)9-30-16-20-22-23-24(16)12-7-5-6-11(8-12)18-10(2)26/h5-8H,4,9H2,1-3H3,(H,18,26)(H,19,29)(H,21,27). The summed E-state index contributed by atoms with van der Waals surface area (Å²) in [5.74, 6) is -1.43. The number of aromatic nitrogens is 4. The Kier molecular flexibility index (Phi) is 6.01. The number of hydrogen-bond acceptors (Lipinski definition) is 8. The van der Waals surface area contributed by atoms with Gasteiger partial charge in [0.2, 0.25) is 17.0 Å². The molecule has 2 heterocycles. The topological polar surface area (TPSA) is 151 Å². The van der Waals surface area contributed by atoms with Crippen LogP contribution in [0.4, 0.5) is 10.5 Å².